The highest BCUT2D eigenvalue weighted by Gasteiger charge is 2.43. The van der Waals surface area contributed by atoms with Crippen molar-refractivity contribution in [3.63, 3.8) is 0 Å². The number of hydrogen-bond donors (Lipinski definition) is 2. The van der Waals surface area contributed by atoms with Gasteiger partial charge in [-0.2, -0.15) is 0 Å². The Morgan fingerprint density at radius 2 is 1.96 bits per heavy atom. The van der Waals surface area contributed by atoms with Crippen molar-refractivity contribution in [2.45, 2.75) is 81.8 Å². The van der Waals surface area contributed by atoms with Gasteiger partial charge in [-0.05, 0) is 63.6 Å². The lowest BCUT2D eigenvalue weighted by Gasteiger charge is -2.32. The Morgan fingerprint density at radius 1 is 1.11 bits per heavy atom. The molecule has 150 valence electrons. The van der Waals surface area contributed by atoms with E-state index in [-0.39, 0.29) is 18.0 Å². The molecule has 5 atom stereocenters. The summed E-state index contributed by atoms with van der Waals surface area (Å²) in [4.78, 5) is 23.8. The van der Waals surface area contributed by atoms with E-state index in [0.29, 0.717) is 12.0 Å². The van der Waals surface area contributed by atoms with Gasteiger partial charge < -0.3 is 10.3 Å². The lowest BCUT2D eigenvalue weighted by Crippen LogP contribution is -2.48. The number of rotatable bonds is 3. The number of aromatic nitrogens is 2. The van der Waals surface area contributed by atoms with Gasteiger partial charge in [-0.25, -0.2) is 4.98 Å². The molecule has 5 heteroatoms. The molecular weight excluding hydrogens is 348 g/mol. The van der Waals surface area contributed by atoms with Gasteiger partial charge in [0.05, 0.1) is 17.1 Å². The van der Waals surface area contributed by atoms with E-state index >= 15 is 0 Å². The molecule has 2 heterocycles. The van der Waals surface area contributed by atoms with Gasteiger partial charge in [0.15, 0.2) is 0 Å². The Labute approximate surface area is 167 Å². The van der Waals surface area contributed by atoms with E-state index in [2.05, 4.69) is 34.4 Å². The lowest BCUT2D eigenvalue weighted by atomic mass is 9.84. The minimum atomic E-state index is 0.0691. The molecule has 1 aromatic heterocycles. The Balaban J connectivity index is 1.23. The Kier molecular flexibility index (Phi) is 4.87. The van der Waals surface area contributed by atoms with Gasteiger partial charge >= 0.3 is 0 Å². The van der Waals surface area contributed by atoms with Gasteiger partial charge in [0.1, 0.15) is 5.82 Å². The van der Waals surface area contributed by atoms with Crippen LogP contribution in [-0.4, -0.2) is 45.9 Å². The van der Waals surface area contributed by atoms with Crippen molar-refractivity contribution < 1.29 is 4.79 Å². The summed E-state index contributed by atoms with van der Waals surface area (Å²) < 4.78 is 0. The average Bonchev–Trinajstić information content (AvgIpc) is 3.30. The summed E-state index contributed by atoms with van der Waals surface area (Å²) in [6, 6.07) is 9.20. The molecule has 1 saturated heterocycles. The maximum atomic E-state index is 13.1. The zero-order valence-electron chi connectivity index (χ0n) is 16.9. The van der Waals surface area contributed by atoms with E-state index in [1.54, 1.807) is 0 Å². The number of likely N-dealkylation sites (N-methyl/N-ethyl adjacent to an activating group) is 1. The summed E-state index contributed by atoms with van der Waals surface area (Å²) in [6.45, 7) is 0. The highest BCUT2D eigenvalue weighted by molar-refractivity contribution is 5.82. The Hall–Kier alpha value is -1.88. The number of para-hydroxylation sites is 2. The Bertz CT molecular complexity index is 813. The van der Waals surface area contributed by atoms with Crippen LogP contribution in [0.5, 0.6) is 0 Å². The topological polar surface area (TPSA) is 61.0 Å². The van der Waals surface area contributed by atoms with Crippen LogP contribution in [0.15, 0.2) is 24.3 Å². The number of fused-ring (bicyclic) bond motifs is 2. The molecule has 3 aliphatic rings. The van der Waals surface area contributed by atoms with E-state index in [4.69, 9.17) is 4.98 Å². The molecular formula is C23H32N4O. The van der Waals surface area contributed by atoms with Crippen LogP contribution in [0.4, 0.5) is 0 Å². The van der Waals surface area contributed by atoms with E-state index in [1.807, 2.05) is 12.1 Å². The molecule has 1 amide bonds. The standard InChI is InChI=1S/C23H32N4O/c1-27-20-12-5-2-7-15(20)14-21(27)23(28)24-17-9-6-8-16(13-17)22-25-18-10-3-4-11-19(18)26-22/h3-4,10-11,15-17,20-21H,2,5-9,12-14H2,1H3,(H,24,28)(H,25,26)/t15-,16-,17+,20-,21-/m0/s1. The molecule has 2 aromatic rings. The SMILES string of the molecule is CN1[C@H](C(=O)N[C@@H]2CCC[C@H](c3nc4ccccc4[nH]3)C2)C[C@@H]2CCCC[C@@H]21. The lowest BCUT2D eigenvalue weighted by molar-refractivity contribution is -0.126. The normalized spacial score (nSPS) is 33.7. The van der Waals surface area contributed by atoms with Crippen molar-refractivity contribution in [3.05, 3.63) is 30.1 Å². The molecule has 1 aliphatic heterocycles. The summed E-state index contributed by atoms with van der Waals surface area (Å²) in [6.07, 6.45) is 10.7. The van der Waals surface area contributed by atoms with E-state index in [9.17, 15) is 4.79 Å². The number of carbonyl (C=O) groups excluding carboxylic acids is 1. The number of benzene rings is 1. The fourth-order valence-corrected chi connectivity index (χ4v) is 6.01. The number of carbonyl (C=O) groups is 1. The second kappa shape index (κ2) is 7.51. The third-order valence-corrected chi connectivity index (χ3v) is 7.53. The second-order valence-corrected chi connectivity index (χ2v) is 9.24. The third-order valence-electron chi connectivity index (χ3n) is 7.53. The largest absolute Gasteiger partial charge is 0.352 e. The minimum Gasteiger partial charge on any atom is -0.352 e. The molecule has 0 unspecified atom stereocenters. The first-order chi connectivity index (χ1) is 13.7. The molecule has 2 saturated carbocycles. The molecule has 28 heavy (non-hydrogen) atoms. The number of nitrogens with zero attached hydrogens (tertiary/aromatic N) is 2. The summed E-state index contributed by atoms with van der Waals surface area (Å²) in [5, 5.41) is 3.41. The number of likely N-dealkylation sites (tertiary alicyclic amines) is 1. The van der Waals surface area contributed by atoms with E-state index in [0.717, 1.165) is 54.9 Å². The summed E-state index contributed by atoms with van der Waals surface area (Å²) in [5.41, 5.74) is 2.15. The van der Waals surface area contributed by atoms with Gasteiger partial charge in [-0.3, -0.25) is 9.69 Å². The van der Waals surface area contributed by atoms with Gasteiger partial charge in [-0.1, -0.05) is 31.4 Å². The minimum absolute atomic E-state index is 0.0691. The quantitative estimate of drug-likeness (QED) is 0.847. The average molecular weight is 381 g/mol. The molecule has 5 nitrogen and oxygen atoms in total. The first-order valence-electron chi connectivity index (χ1n) is 11.2. The maximum Gasteiger partial charge on any atom is 0.237 e. The maximum absolute atomic E-state index is 13.1. The van der Waals surface area contributed by atoms with E-state index < -0.39 is 0 Å². The molecule has 0 bridgehead atoms. The summed E-state index contributed by atoms with van der Waals surface area (Å²) in [5.74, 6) is 2.48. The number of nitrogens with one attached hydrogen (secondary N) is 2. The number of hydrogen-bond acceptors (Lipinski definition) is 3. The highest BCUT2D eigenvalue weighted by Crippen LogP contribution is 2.39. The Morgan fingerprint density at radius 3 is 2.82 bits per heavy atom. The van der Waals surface area contributed by atoms with Crippen molar-refractivity contribution in [1.82, 2.24) is 20.2 Å². The smallest absolute Gasteiger partial charge is 0.237 e. The zero-order valence-corrected chi connectivity index (χ0v) is 16.9. The molecule has 0 spiro atoms. The van der Waals surface area contributed by atoms with Crippen LogP contribution in [0.1, 0.15) is 69.5 Å². The summed E-state index contributed by atoms with van der Waals surface area (Å²) in [7, 11) is 2.16. The second-order valence-electron chi connectivity index (χ2n) is 9.24. The van der Waals surface area contributed by atoms with Crippen molar-refractivity contribution in [2.24, 2.45) is 5.92 Å². The molecule has 1 aromatic carbocycles. The van der Waals surface area contributed by atoms with Crippen LogP contribution in [0, 0.1) is 5.92 Å². The first-order valence-corrected chi connectivity index (χ1v) is 11.2. The van der Waals surface area contributed by atoms with Crippen LogP contribution < -0.4 is 5.32 Å². The number of aromatic amines is 1. The number of amides is 1. The molecule has 3 fully saturated rings. The fraction of sp³-hybridized carbons (Fsp3) is 0.652. The van der Waals surface area contributed by atoms with Gasteiger partial charge in [-0.15, -0.1) is 0 Å². The van der Waals surface area contributed by atoms with Gasteiger partial charge in [0.2, 0.25) is 5.91 Å². The fourth-order valence-electron chi connectivity index (χ4n) is 6.01. The predicted molar refractivity (Wildman–Crippen MR) is 111 cm³/mol. The zero-order chi connectivity index (χ0) is 19.1. The van der Waals surface area contributed by atoms with E-state index in [1.165, 1.54) is 25.7 Å². The van der Waals surface area contributed by atoms with Crippen molar-refractivity contribution >= 4 is 16.9 Å². The van der Waals surface area contributed by atoms with Crippen molar-refractivity contribution in [1.29, 1.82) is 0 Å². The van der Waals surface area contributed by atoms with Crippen molar-refractivity contribution in [2.75, 3.05) is 7.05 Å². The molecule has 2 aliphatic carbocycles. The summed E-state index contributed by atoms with van der Waals surface area (Å²) >= 11 is 0. The monoisotopic (exact) mass is 380 g/mol. The predicted octanol–water partition coefficient (Wildman–Crippen LogP) is 3.97. The number of imidazole rings is 1. The van der Waals surface area contributed by atoms with Gasteiger partial charge in [0, 0.05) is 18.0 Å². The van der Waals surface area contributed by atoms with Crippen LogP contribution in [0.3, 0.4) is 0 Å². The third kappa shape index (κ3) is 3.34. The molecule has 5 rings (SSSR count). The highest BCUT2D eigenvalue weighted by atomic mass is 16.2. The van der Waals surface area contributed by atoms with Gasteiger partial charge in [0.25, 0.3) is 0 Å². The number of H-pyrrole nitrogens is 1. The van der Waals surface area contributed by atoms with Crippen LogP contribution in [-0.2, 0) is 4.79 Å². The first kappa shape index (κ1) is 18.2. The van der Waals surface area contributed by atoms with Crippen LogP contribution in [0.25, 0.3) is 11.0 Å². The molecule has 0 radical (unpaired) electrons. The van der Waals surface area contributed by atoms with Crippen LogP contribution in [0.2, 0.25) is 0 Å². The van der Waals surface area contributed by atoms with Crippen molar-refractivity contribution in [3.8, 4) is 0 Å². The van der Waals surface area contributed by atoms with Crippen LogP contribution >= 0.6 is 0 Å². The molecule has 2 N–H and O–H groups in total.